The van der Waals surface area contributed by atoms with Gasteiger partial charge in [-0.05, 0) is 47.3 Å². The van der Waals surface area contributed by atoms with E-state index in [0.717, 1.165) is 21.9 Å². The maximum Gasteiger partial charge on any atom is 0.256 e. The van der Waals surface area contributed by atoms with Crippen molar-refractivity contribution in [3.8, 4) is 16.9 Å². The average Bonchev–Trinajstić information content (AvgIpc) is 3.14. The van der Waals surface area contributed by atoms with Crippen molar-refractivity contribution in [2.75, 3.05) is 5.32 Å². The molecule has 1 amide bonds. The molecule has 1 N–H and O–H groups in total. The molecule has 2 aromatic heterocycles. The minimum absolute atomic E-state index is 0.305. The van der Waals surface area contributed by atoms with E-state index in [-0.39, 0.29) is 5.91 Å². The summed E-state index contributed by atoms with van der Waals surface area (Å²) in [6, 6.07) is 14.1. The van der Waals surface area contributed by atoms with Gasteiger partial charge in [0.05, 0.1) is 6.20 Å². The Morgan fingerprint density at radius 2 is 1.86 bits per heavy atom. The summed E-state index contributed by atoms with van der Waals surface area (Å²) >= 11 is 0. The molecule has 2 aromatic carbocycles. The first-order chi connectivity index (χ1) is 14.0. The number of carbonyl (C=O) groups is 1. The zero-order valence-electron chi connectivity index (χ0n) is 16.0. The molecule has 0 bridgehead atoms. The van der Waals surface area contributed by atoms with Crippen molar-refractivity contribution in [1.29, 1.82) is 0 Å². The van der Waals surface area contributed by atoms with Gasteiger partial charge in [-0.1, -0.05) is 12.1 Å². The van der Waals surface area contributed by atoms with E-state index in [1.54, 1.807) is 35.1 Å². The molecule has 146 valence electrons. The van der Waals surface area contributed by atoms with Crippen LogP contribution < -0.4 is 10.1 Å². The monoisotopic (exact) mass is 390 g/mol. The number of aromatic nitrogens is 3. The van der Waals surface area contributed by atoms with Gasteiger partial charge in [-0.3, -0.25) is 9.48 Å². The fourth-order valence-corrected chi connectivity index (χ4v) is 3.02. The lowest BCUT2D eigenvalue weighted by Gasteiger charge is -2.09. The molecule has 29 heavy (non-hydrogen) atoms. The second-order valence-corrected chi connectivity index (χ2v) is 6.67. The van der Waals surface area contributed by atoms with Gasteiger partial charge in [0, 0.05) is 42.9 Å². The first-order valence-corrected chi connectivity index (χ1v) is 9.09. The zero-order chi connectivity index (χ0) is 20.4. The number of halogens is 1. The number of anilines is 1. The average molecular weight is 390 g/mol. The Morgan fingerprint density at radius 1 is 1.07 bits per heavy atom. The van der Waals surface area contributed by atoms with Crippen LogP contribution in [0.4, 0.5) is 10.2 Å². The van der Waals surface area contributed by atoms with Crippen molar-refractivity contribution < 1.29 is 13.9 Å². The second kappa shape index (κ2) is 7.71. The van der Waals surface area contributed by atoms with Crippen LogP contribution in [0.25, 0.3) is 21.9 Å². The number of benzene rings is 2. The van der Waals surface area contributed by atoms with E-state index in [9.17, 15) is 9.18 Å². The van der Waals surface area contributed by atoms with Crippen molar-refractivity contribution in [3.63, 3.8) is 0 Å². The molecule has 0 fully saturated rings. The van der Waals surface area contributed by atoms with E-state index < -0.39 is 6.36 Å². The molecule has 0 aliphatic carbocycles. The summed E-state index contributed by atoms with van der Waals surface area (Å²) in [4.78, 5) is 16.8. The van der Waals surface area contributed by atoms with Gasteiger partial charge in [0.1, 0.15) is 11.6 Å². The van der Waals surface area contributed by atoms with Gasteiger partial charge >= 0.3 is 0 Å². The largest absolute Gasteiger partial charge is 0.461 e. The van der Waals surface area contributed by atoms with E-state index in [2.05, 4.69) is 15.4 Å². The topological polar surface area (TPSA) is 69.0 Å². The van der Waals surface area contributed by atoms with E-state index in [1.165, 1.54) is 6.92 Å². The first-order valence-electron chi connectivity index (χ1n) is 9.09. The third kappa shape index (κ3) is 4.24. The van der Waals surface area contributed by atoms with Crippen molar-refractivity contribution in [2.24, 2.45) is 7.05 Å². The Kier molecular flexibility index (Phi) is 4.95. The molecule has 7 heteroatoms. The highest BCUT2D eigenvalue weighted by molar-refractivity contribution is 6.04. The van der Waals surface area contributed by atoms with Crippen LogP contribution in [-0.4, -0.2) is 27.0 Å². The maximum atomic E-state index is 12.9. The summed E-state index contributed by atoms with van der Waals surface area (Å²) in [5.74, 6) is 0.506. The van der Waals surface area contributed by atoms with Crippen molar-refractivity contribution in [1.82, 2.24) is 14.8 Å². The fourth-order valence-electron chi connectivity index (χ4n) is 3.02. The van der Waals surface area contributed by atoms with Crippen LogP contribution in [0.15, 0.2) is 67.1 Å². The lowest BCUT2D eigenvalue weighted by Crippen LogP contribution is -2.13. The second-order valence-electron chi connectivity index (χ2n) is 6.67. The summed E-state index contributed by atoms with van der Waals surface area (Å²) in [5.41, 5.74) is 2.48. The van der Waals surface area contributed by atoms with Crippen LogP contribution in [0.3, 0.4) is 0 Å². The molecule has 0 radical (unpaired) electrons. The van der Waals surface area contributed by atoms with Gasteiger partial charge in [0.25, 0.3) is 5.91 Å². The minimum Gasteiger partial charge on any atom is -0.461 e. The Labute approximate surface area is 167 Å². The molecule has 2 heterocycles. The fraction of sp³-hybridized carbons (Fsp3) is 0.136. The standard InChI is InChI=1S/C22H19FN4O2/c1-14(23)29-20-7-5-15(6-8-20)22(28)26-21-10-18-9-16(3-4-17(18)11-24-21)19-12-25-27(2)13-19/h3-14H,1-2H3,(H,24,26,28). The molecule has 1 atom stereocenters. The zero-order valence-corrected chi connectivity index (χ0v) is 16.0. The van der Waals surface area contributed by atoms with Crippen molar-refractivity contribution in [2.45, 2.75) is 13.3 Å². The van der Waals surface area contributed by atoms with Gasteiger partial charge in [-0.15, -0.1) is 0 Å². The molecule has 0 aliphatic rings. The summed E-state index contributed by atoms with van der Waals surface area (Å²) in [6.45, 7) is 1.30. The first kappa shape index (κ1) is 18.6. The molecule has 1 unspecified atom stereocenters. The lowest BCUT2D eigenvalue weighted by atomic mass is 10.1. The number of hydrogen-bond acceptors (Lipinski definition) is 4. The van der Waals surface area contributed by atoms with Crippen molar-refractivity contribution >= 4 is 22.5 Å². The van der Waals surface area contributed by atoms with Crippen LogP contribution in [0.5, 0.6) is 5.75 Å². The van der Waals surface area contributed by atoms with Gasteiger partial charge in [0.15, 0.2) is 0 Å². The number of hydrogen-bond donors (Lipinski definition) is 1. The van der Waals surface area contributed by atoms with Crippen LogP contribution in [0.1, 0.15) is 17.3 Å². The van der Waals surface area contributed by atoms with Gasteiger partial charge in [-0.2, -0.15) is 5.10 Å². The number of nitrogens with zero attached hydrogens (tertiary/aromatic N) is 3. The maximum absolute atomic E-state index is 12.9. The third-order valence-corrected chi connectivity index (χ3v) is 4.42. The number of carbonyl (C=O) groups excluding carboxylic acids is 1. The molecule has 6 nitrogen and oxygen atoms in total. The quantitative estimate of drug-likeness (QED) is 0.541. The van der Waals surface area contributed by atoms with E-state index >= 15 is 0 Å². The molecule has 0 saturated carbocycles. The van der Waals surface area contributed by atoms with E-state index in [4.69, 9.17) is 4.74 Å². The highest BCUT2D eigenvalue weighted by atomic mass is 19.1. The minimum atomic E-state index is -1.41. The third-order valence-electron chi connectivity index (χ3n) is 4.42. The number of nitrogens with one attached hydrogen (secondary N) is 1. The SMILES string of the molecule is CC(F)Oc1ccc(C(=O)Nc2cc3cc(-c4cnn(C)c4)ccc3cn2)cc1. The molecule has 4 rings (SSSR count). The smallest absolute Gasteiger partial charge is 0.256 e. The number of pyridine rings is 1. The van der Waals surface area contributed by atoms with Gasteiger partial charge in [-0.25, -0.2) is 9.37 Å². The number of aryl methyl sites for hydroxylation is 1. The van der Waals surface area contributed by atoms with E-state index in [0.29, 0.717) is 17.1 Å². The summed E-state index contributed by atoms with van der Waals surface area (Å²) < 4.78 is 19.6. The number of ether oxygens (including phenoxy) is 1. The predicted octanol–water partition coefficient (Wildman–Crippen LogP) is 4.58. The molecule has 0 aliphatic heterocycles. The molecular formula is C22H19FN4O2. The van der Waals surface area contributed by atoms with Crippen LogP contribution in [0.2, 0.25) is 0 Å². The number of fused-ring (bicyclic) bond motifs is 1. The number of rotatable bonds is 5. The Hall–Kier alpha value is -3.74. The summed E-state index contributed by atoms with van der Waals surface area (Å²) in [7, 11) is 1.87. The molecule has 0 spiro atoms. The van der Waals surface area contributed by atoms with Crippen LogP contribution in [-0.2, 0) is 7.05 Å². The van der Waals surface area contributed by atoms with Crippen LogP contribution >= 0.6 is 0 Å². The van der Waals surface area contributed by atoms with Crippen LogP contribution in [0, 0.1) is 0 Å². The Balaban J connectivity index is 1.55. The summed E-state index contributed by atoms with van der Waals surface area (Å²) in [6.07, 6.45) is 4.06. The lowest BCUT2D eigenvalue weighted by molar-refractivity contribution is 0.0860. The summed E-state index contributed by atoms with van der Waals surface area (Å²) in [5, 5.41) is 8.92. The molecule has 0 saturated heterocycles. The highest BCUT2D eigenvalue weighted by Crippen LogP contribution is 2.25. The molecule has 4 aromatic rings. The highest BCUT2D eigenvalue weighted by Gasteiger charge is 2.09. The van der Waals surface area contributed by atoms with Gasteiger partial charge < -0.3 is 10.1 Å². The van der Waals surface area contributed by atoms with Gasteiger partial charge in [0.2, 0.25) is 6.36 Å². The van der Waals surface area contributed by atoms with Crippen molar-refractivity contribution in [3.05, 3.63) is 72.7 Å². The number of alkyl halides is 1. The van der Waals surface area contributed by atoms with E-state index in [1.807, 2.05) is 43.7 Å². The Morgan fingerprint density at radius 3 is 2.55 bits per heavy atom. The Bertz CT molecular complexity index is 1170. The number of amides is 1. The molecular weight excluding hydrogens is 371 g/mol. The normalized spacial score (nSPS) is 12.0. The predicted molar refractivity (Wildman–Crippen MR) is 110 cm³/mol.